The van der Waals surface area contributed by atoms with Crippen LogP contribution in [0.25, 0.3) is 11.0 Å². The molecule has 1 unspecified atom stereocenters. The van der Waals surface area contributed by atoms with Gasteiger partial charge in [-0.2, -0.15) is 13.2 Å². The highest BCUT2D eigenvalue weighted by Gasteiger charge is 2.44. The van der Waals surface area contributed by atoms with Crippen LogP contribution >= 0.6 is 0 Å². The Balaban J connectivity index is 1.54. The summed E-state index contributed by atoms with van der Waals surface area (Å²) in [5.74, 6) is -0.966. The maximum Gasteiger partial charge on any atom is 0.413 e. The number of hydrogen-bond donors (Lipinski definition) is 2. The number of alkyl halides is 3. The zero-order chi connectivity index (χ0) is 24.7. The van der Waals surface area contributed by atoms with E-state index in [-0.39, 0.29) is 28.0 Å². The van der Waals surface area contributed by atoms with Gasteiger partial charge in [-0.1, -0.05) is 30.3 Å². The molecular weight excluding hydrogens is 466 g/mol. The van der Waals surface area contributed by atoms with E-state index in [1.807, 2.05) is 4.90 Å². The van der Waals surface area contributed by atoms with Crippen molar-refractivity contribution in [3.8, 4) is 0 Å². The largest absolute Gasteiger partial charge is 0.413 e. The molecule has 4 heterocycles. The SMILES string of the molecule is O=C(Nc1ccc(N2CC(O)C2)nc1)c1cc2cc(F)cnc2n1C(c1ccccc1)C(F)(F)F. The molecule has 1 amide bonds. The zero-order valence-electron chi connectivity index (χ0n) is 18.1. The maximum atomic E-state index is 14.3. The maximum absolute atomic E-state index is 14.3. The lowest BCUT2D eigenvalue weighted by atomic mass is 10.1. The summed E-state index contributed by atoms with van der Waals surface area (Å²) in [4.78, 5) is 23.1. The fourth-order valence-corrected chi connectivity index (χ4v) is 4.13. The van der Waals surface area contributed by atoms with Crippen molar-refractivity contribution in [2.24, 2.45) is 0 Å². The summed E-state index contributed by atoms with van der Waals surface area (Å²) in [5, 5.41) is 12.1. The minimum atomic E-state index is -4.77. The number of aromatic nitrogens is 3. The van der Waals surface area contributed by atoms with Crippen LogP contribution in [0.1, 0.15) is 22.1 Å². The minimum Gasteiger partial charge on any atom is -0.389 e. The van der Waals surface area contributed by atoms with Crippen LogP contribution in [0.3, 0.4) is 0 Å². The quantitative estimate of drug-likeness (QED) is 0.415. The van der Waals surface area contributed by atoms with E-state index in [0.29, 0.717) is 18.9 Å². The van der Waals surface area contributed by atoms with Crippen LogP contribution in [-0.2, 0) is 0 Å². The first-order chi connectivity index (χ1) is 16.7. The van der Waals surface area contributed by atoms with E-state index >= 15 is 0 Å². The van der Waals surface area contributed by atoms with Crippen LogP contribution in [0.2, 0.25) is 0 Å². The molecule has 1 aliphatic heterocycles. The summed E-state index contributed by atoms with van der Waals surface area (Å²) < 4.78 is 57.6. The third-order valence-electron chi connectivity index (χ3n) is 5.75. The zero-order valence-corrected chi connectivity index (χ0v) is 18.1. The summed E-state index contributed by atoms with van der Waals surface area (Å²) in [5.41, 5.74) is -0.341. The predicted molar refractivity (Wildman–Crippen MR) is 121 cm³/mol. The monoisotopic (exact) mass is 485 g/mol. The van der Waals surface area contributed by atoms with Gasteiger partial charge in [-0.15, -0.1) is 0 Å². The van der Waals surface area contributed by atoms with Crippen molar-refractivity contribution in [1.82, 2.24) is 14.5 Å². The van der Waals surface area contributed by atoms with Gasteiger partial charge < -0.3 is 19.9 Å². The molecule has 1 aromatic carbocycles. The smallest absolute Gasteiger partial charge is 0.389 e. The number of benzene rings is 1. The number of carbonyl (C=O) groups excluding carboxylic acids is 1. The summed E-state index contributed by atoms with van der Waals surface area (Å²) >= 11 is 0. The molecule has 1 atom stereocenters. The average molecular weight is 485 g/mol. The van der Waals surface area contributed by atoms with E-state index in [1.165, 1.54) is 36.5 Å². The van der Waals surface area contributed by atoms with Gasteiger partial charge in [-0.05, 0) is 29.8 Å². The third kappa shape index (κ3) is 4.42. The fraction of sp³-hybridized carbons (Fsp3) is 0.208. The Bertz CT molecular complexity index is 1370. The molecule has 0 bridgehead atoms. The molecule has 0 aliphatic carbocycles. The van der Waals surface area contributed by atoms with E-state index < -0.39 is 30.0 Å². The molecule has 0 saturated carbocycles. The highest BCUT2D eigenvalue weighted by molar-refractivity contribution is 6.06. The van der Waals surface area contributed by atoms with E-state index in [2.05, 4.69) is 15.3 Å². The first kappa shape index (κ1) is 22.8. The Hall–Kier alpha value is -3.99. The van der Waals surface area contributed by atoms with E-state index in [1.54, 1.807) is 18.2 Å². The molecule has 180 valence electrons. The Morgan fingerprint density at radius 2 is 1.80 bits per heavy atom. The second-order valence-electron chi connectivity index (χ2n) is 8.24. The minimum absolute atomic E-state index is 0.0603. The van der Waals surface area contributed by atoms with Gasteiger partial charge >= 0.3 is 6.18 Å². The van der Waals surface area contributed by atoms with Gasteiger partial charge in [0.25, 0.3) is 5.91 Å². The second-order valence-corrected chi connectivity index (χ2v) is 8.24. The molecule has 11 heteroatoms. The molecular formula is C24H19F4N5O2. The summed E-state index contributed by atoms with van der Waals surface area (Å²) in [6.07, 6.45) is -3.00. The number of pyridine rings is 2. The van der Waals surface area contributed by atoms with Gasteiger partial charge in [0.15, 0.2) is 6.04 Å². The molecule has 1 fully saturated rings. The number of aliphatic hydroxyl groups excluding tert-OH is 1. The lowest BCUT2D eigenvalue weighted by Crippen LogP contribution is -2.51. The molecule has 0 radical (unpaired) electrons. The number of rotatable bonds is 5. The molecule has 5 rings (SSSR count). The highest BCUT2D eigenvalue weighted by Crippen LogP contribution is 2.39. The standard InChI is InChI=1S/C24H19F4N5O2/c25-16-8-15-9-19(23(35)31-17-6-7-20(29-11-17)32-12-18(34)13-32)33(22(15)30-10-16)21(24(26,27)28)14-4-2-1-3-5-14/h1-11,18,21,34H,12-13H2,(H,31,35). The number of halogens is 4. The Morgan fingerprint density at radius 1 is 1.06 bits per heavy atom. The molecule has 1 aliphatic rings. The number of nitrogens with zero attached hydrogens (tertiary/aromatic N) is 4. The van der Waals surface area contributed by atoms with Crippen molar-refractivity contribution in [2.45, 2.75) is 18.3 Å². The summed E-state index contributed by atoms with van der Waals surface area (Å²) in [6.45, 7) is 0.890. The molecule has 0 spiro atoms. The molecule has 4 aromatic rings. The van der Waals surface area contributed by atoms with Crippen LogP contribution in [0.4, 0.5) is 29.1 Å². The normalized spacial score (nSPS) is 15.2. The topological polar surface area (TPSA) is 83.3 Å². The van der Waals surface area contributed by atoms with Crippen LogP contribution in [-0.4, -0.2) is 50.9 Å². The average Bonchev–Trinajstić information content (AvgIpc) is 3.15. The van der Waals surface area contributed by atoms with E-state index in [0.717, 1.165) is 16.8 Å². The Kier molecular flexibility index (Phi) is 5.64. The number of β-amino-alcohol motifs (C(OH)–C–C–N with tert-alkyl or cyclic N) is 1. The van der Waals surface area contributed by atoms with Crippen LogP contribution in [0.5, 0.6) is 0 Å². The van der Waals surface area contributed by atoms with Gasteiger partial charge in [0.05, 0.1) is 24.2 Å². The fourth-order valence-electron chi connectivity index (χ4n) is 4.13. The number of nitrogens with one attached hydrogen (secondary N) is 1. The predicted octanol–water partition coefficient (Wildman–Crippen LogP) is 4.16. The van der Waals surface area contributed by atoms with Crippen LogP contribution < -0.4 is 10.2 Å². The lowest BCUT2D eigenvalue weighted by molar-refractivity contribution is -0.156. The van der Waals surface area contributed by atoms with E-state index in [4.69, 9.17) is 0 Å². The first-order valence-corrected chi connectivity index (χ1v) is 10.7. The Labute approximate surface area is 196 Å². The molecule has 2 N–H and O–H groups in total. The highest BCUT2D eigenvalue weighted by atomic mass is 19.4. The molecule has 35 heavy (non-hydrogen) atoms. The van der Waals surface area contributed by atoms with Crippen molar-refractivity contribution in [3.63, 3.8) is 0 Å². The van der Waals surface area contributed by atoms with Crippen LogP contribution in [0, 0.1) is 5.82 Å². The Morgan fingerprint density at radius 3 is 2.43 bits per heavy atom. The first-order valence-electron chi connectivity index (χ1n) is 10.7. The van der Waals surface area contributed by atoms with Crippen LogP contribution in [0.15, 0.2) is 67.0 Å². The number of hydrogen-bond acceptors (Lipinski definition) is 5. The van der Waals surface area contributed by atoms with Gasteiger partial charge in [0, 0.05) is 18.5 Å². The van der Waals surface area contributed by atoms with Crippen molar-refractivity contribution in [3.05, 3.63) is 84.1 Å². The number of aliphatic hydroxyl groups is 1. The summed E-state index contributed by atoms with van der Waals surface area (Å²) in [6, 6.07) is 10.3. The number of carbonyl (C=O) groups is 1. The van der Waals surface area contributed by atoms with Gasteiger partial charge in [-0.25, -0.2) is 14.4 Å². The molecule has 1 saturated heterocycles. The molecule has 3 aromatic heterocycles. The van der Waals surface area contributed by atoms with Crippen molar-refractivity contribution in [2.75, 3.05) is 23.3 Å². The van der Waals surface area contributed by atoms with Crippen molar-refractivity contribution < 1.29 is 27.5 Å². The second kappa shape index (κ2) is 8.66. The molecule has 7 nitrogen and oxygen atoms in total. The third-order valence-corrected chi connectivity index (χ3v) is 5.75. The number of amides is 1. The van der Waals surface area contributed by atoms with Gasteiger partial charge in [0.2, 0.25) is 0 Å². The van der Waals surface area contributed by atoms with Gasteiger partial charge in [-0.3, -0.25) is 4.79 Å². The van der Waals surface area contributed by atoms with Gasteiger partial charge in [0.1, 0.15) is 23.0 Å². The van der Waals surface area contributed by atoms with Crippen molar-refractivity contribution in [1.29, 1.82) is 0 Å². The number of anilines is 2. The number of fused-ring (bicyclic) bond motifs is 1. The lowest BCUT2D eigenvalue weighted by Gasteiger charge is -2.36. The van der Waals surface area contributed by atoms with E-state index in [9.17, 15) is 27.5 Å². The van der Waals surface area contributed by atoms with Crippen molar-refractivity contribution >= 4 is 28.4 Å². The summed E-state index contributed by atoms with van der Waals surface area (Å²) in [7, 11) is 0.